The van der Waals surface area contributed by atoms with E-state index in [1.54, 1.807) is 48.5 Å². The quantitative estimate of drug-likeness (QED) is 0.209. The molecule has 0 saturated carbocycles. The minimum absolute atomic E-state index is 0.105. The summed E-state index contributed by atoms with van der Waals surface area (Å²) >= 11 is 0. The normalized spacial score (nSPS) is 10.6. The van der Waals surface area contributed by atoms with E-state index in [0.29, 0.717) is 23.1 Å². The van der Waals surface area contributed by atoms with E-state index in [1.807, 2.05) is 24.3 Å². The van der Waals surface area contributed by atoms with Gasteiger partial charge in [-0.2, -0.15) is 0 Å². The molecule has 0 fully saturated rings. The van der Waals surface area contributed by atoms with E-state index in [1.165, 1.54) is 5.56 Å². The Hall–Kier alpha value is -3.73. The van der Waals surface area contributed by atoms with Crippen LogP contribution in [0.5, 0.6) is 0 Å². The number of hydrogen-bond donors (Lipinski definition) is 0. The molecule has 0 heterocycles. The standard InChI is InChI=1S/C31H34O5/c1-3-5-9-23-13-17-26(18-14-23)29(32)35-22-21-25-11-7-8-12-28(25)31(34)36-30(33)27-19-15-24(16-20-27)10-6-4-2/h7-8,11-20H,3-6,9-10,21-22H2,1-2H3. The van der Waals surface area contributed by atoms with Crippen LogP contribution in [-0.4, -0.2) is 24.5 Å². The molecule has 0 amide bonds. The first-order valence-electron chi connectivity index (χ1n) is 12.7. The van der Waals surface area contributed by atoms with Gasteiger partial charge in [-0.1, -0.05) is 69.2 Å². The number of aryl methyl sites for hydroxylation is 2. The van der Waals surface area contributed by atoms with Gasteiger partial charge in [-0.3, -0.25) is 0 Å². The highest BCUT2D eigenvalue weighted by molar-refractivity contribution is 6.03. The number of rotatable bonds is 12. The van der Waals surface area contributed by atoms with Crippen molar-refractivity contribution in [2.24, 2.45) is 0 Å². The summed E-state index contributed by atoms with van der Waals surface area (Å²) in [7, 11) is 0. The van der Waals surface area contributed by atoms with Crippen LogP contribution in [0.15, 0.2) is 72.8 Å². The molecule has 0 radical (unpaired) electrons. The lowest BCUT2D eigenvalue weighted by atomic mass is 10.0. The van der Waals surface area contributed by atoms with E-state index in [9.17, 15) is 14.4 Å². The van der Waals surface area contributed by atoms with Crippen LogP contribution in [0.4, 0.5) is 0 Å². The summed E-state index contributed by atoms with van der Waals surface area (Å²) in [5.74, 6) is -1.82. The lowest BCUT2D eigenvalue weighted by Gasteiger charge is -2.10. The van der Waals surface area contributed by atoms with Crippen molar-refractivity contribution in [1.29, 1.82) is 0 Å². The number of esters is 3. The molecule has 3 aromatic rings. The van der Waals surface area contributed by atoms with Gasteiger partial charge < -0.3 is 9.47 Å². The van der Waals surface area contributed by atoms with Crippen molar-refractivity contribution in [1.82, 2.24) is 0 Å². The lowest BCUT2D eigenvalue weighted by Crippen LogP contribution is -2.16. The first kappa shape index (κ1) is 26.9. The average molecular weight is 487 g/mol. The van der Waals surface area contributed by atoms with Gasteiger partial charge in [0.2, 0.25) is 0 Å². The molecule has 0 aromatic heterocycles. The van der Waals surface area contributed by atoms with Crippen LogP contribution in [0.2, 0.25) is 0 Å². The molecule has 188 valence electrons. The highest BCUT2D eigenvalue weighted by Crippen LogP contribution is 2.15. The molecule has 0 bridgehead atoms. The summed E-state index contributed by atoms with van der Waals surface area (Å²) in [4.78, 5) is 37.6. The van der Waals surface area contributed by atoms with Crippen LogP contribution in [0.1, 0.15) is 87.3 Å². The maximum Gasteiger partial charge on any atom is 0.346 e. The Morgan fingerprint density at radius 1 is 0.611 bits per heavy atom. The topological polar surface area (TPSA) is 69.7 Å². The van der Waals surface area contributed by atoms with E-state index in [2.05, 4.69) is 13.8 Å². The third-order valence-electron chi connectivity index (χ3n) is 6.04. The monoisotopic (exact) mass is 486 g/mol. The molecule has 0 N–H and O–H groups in total. The molecule has 0 atom stereocenters. The summed E-state index contributed by atoms with van der Waals surface area (Å²) in [6.45, 7) is 4.38. The summed E-state index contributed by atoms with van der Waals surface area (Å²) in [5.41, 5.74) is 4.09. The van der Waals surface area contributed by atoms with E-state index in [-0.39, 0.29) is 12.2 Å². The molecule has 5 heteroatoms. The molecular weight excluding hydrogens is 452 g/mol. The Morgan fingerprint density at radius 2 is 1.14 bits per heavy atom. The van der Waals surface area contributed by atoms with Gasteiger partial charge >= 0.3 is 17.9 Å². The zero-order valence-electron chi connectivity index (χ0n) is 21.1. The molecule has 5 nitrogen and oxygen atoms in total. The van der Waals surface area contributed by atoms with Crippen molar-refractivity contribution in [3.8, 4) is 0 Å². The highest BCUT2D eigenvalue weighted by Gasteiger charge is 2.18. The first-order chi connectivity index (χ1) is 17.5. The second-order valence-corrected chi connectivity index (χ2v) is 8.82. The third kappa shape index (κ3) is 7.91. The predicted molar refractivity (Wildman–Crippen MR) is 140 cm³/mol. The molecule has 0 unspecified atom stereocenters. The van der Waals surface area contributed by atoms with Crippen LogP contribution >= 0.6 is 0 Å². The van der Waals surface area contributed by atoms with Crippen LogP contribution in [0.3, 0.4) is 0 Å². The van der Waals surface area contributed by atoms with Gasteiger partial charge in [-0.05, 0) is 72.7 Å². The number of hydrogen-bond acceptors (Lipinski definition) is 5. The van der Waals surface area contributed by atoms with Gasteiger partial charge in [0.15, 0.2) is 0 Å². The fraction of sp³-hybridized carbons (Fsp3) is 0.323. The van der Waals surface area contributed by atoms with Crippen LogP contribution in [0.25, 0.3) is 0 Å². The van der Waals surface area contributed by atoms with Crippen molar-refractivity contribution < 1.29 is 23.9 Å². The van der Waals surface area contributed by atoms with E-state index < -0.39 is 17.9 Å². The van der Waals surface area contributed by atoms with Gasteiger partial charge in [0, 0.05) is 6.42 Å². The maximum atomic E-state index is 12.7. The number of ether oxygens (including phenoxy) is 2. The van der Waals surface area contributed by atoms with Gasteiger partial charge in [-0.15, -0.1) is 0 Å². The largest absolute Gasteiger partial charge is 0.462 e. The molecule has 3 aromatic carbocycles. The molecule has 0 spiro atoms. The summed E-state index contributed by atoms with van der Waals surface area (Å²) in [5, 5.41) is 0. The smallest absolute Gasteiger partial charge is 0.346 e. The Bertz CT molecular complexity index is 1150. The molecule has 0 saturated heterocycles. The lowest BCUT2D eigenvalue weighted by molar-refractivity contribution is 0.0397. The molecule has 3 rings (SSSR count). The van der Waals surface area contributed by atoms with Crippen molar-refractivity contribution >= 4 is 17.9 Å². The zero-order chi connectivity index (χ0) is 25.8. The van der Waals surface area contributed by atoms with Crippen LogP contribution in [-0.2, 0) is 28.7 Å². The molecule has 36 heavy (non-hydrogen) atoms. The van der Waals surface area contributed by atoms with Crippen LogP contribution in [0, 0.1) is 0 Å². The van der Waals surface area contributed by atoms with Gasteiger partial charge in [0.05, 0.1) is 23.3 Å². The Kier molecular flexibility index (Phi) is 10.4. The van der Waals surface area contributed by atoms with E-state index in [0.717, 1.165) is 44.1 Å². The third-order valence-corrected chi connectivity index (χ3v) is 6.04. The Balaban J connectivity index is 1.54. The fourth-order valence-corrected chi connectivity index (χ4v) is 3.85. The summed E-state index contributed by atoms with van der Waals surface area (Å²) in [6, 6.07) is 21.5. The Labute approximate surface area is 213 Å². The second kappa shape index (κ2) is 14.0. The van der Waals surface area contributed by atoms with Crippen molar-refractivity contribution in [3.05, 3.63) is 106 Å². The van der Waals surface area contributed by atoms with Crippen molar-refractivity contribution in [2.45, 2.75) is 58.8 Å². The number of carbonyl (C=O) groups is 3. The van der Waals surface area contributed by atoms with E-state index in [4.69, 9.17) is 9.47 Å². The van der Waals surface area contributed by atoms with Gasteiger partial charge in [-0.25, -0.2) is 14.4 Å². The molecule has 0 aliphatic carbocycles. The highest BCUT2D eigenvalue weighted by atomic mass is 16.6. The zero-order valence-corrected chi connectivity index (χ0v) is 21.1. The number of carbonyl (C=O) groups excluding carboxylic acids is 3. The number of benzene rings is 3. The van der Waals surface area contributed by atoms with Crippen molar-refractivity contribution in [3.63, 3.8) is 0 Å². The Morgan fingerprint density at radius 3 is 1.69 bits per heavy atom. The number of unbranched alkanes of at least 4 members (excludes halogenated alkanes) is 2. The molecular formula is C31H34O5. The fourth-order valence-electron chi connectivity index (χ4n) is 3.85. The van der Waals surface area contributed by atoms with Crippen molar-refractivity contribution in [2.75, 3.05) is 6.61 Å². The summed E-state index contributed by atoms with van der Waals surface area (Å²) in [6.07, 6.45) is 6.69. The minimum atomic E-state index is -0.723. The SMILES string of the molecule is CCCCc1ccc(C(=O)OCCc2ccccc2C(=O)OC(=O)c2ccc(CCCC)cc2)cc1. The maximum absolute atomic E-state index is 12.7. The van der Waals surface area contributed by atoms with Gasteiger partial charge in [0.1, 0.15) is 0 Å². The van der Waals surface area contributed by atoms with E-state index >= 15 is 0 Å². The molecule has 0 aliphatic heterocycles. The first-order valence-corrected chi connectivity index (χ1v) is 12.7. The minimum Gasteiger partial charge on any atom is -0.462 e. The summed E-state index contributed by atoms with van der Waals surface area (Å²) < 4.78 is 10.6. The average Bonchev–Trinajstić information content (AvgIpc) is 2.91. The van der Waals surface area contributed by atoms with Gasteiger partial charge in [0.25, 0.3) is 0 Å². The second-order valence-electron chi connectivity index (χ2n) is 8.82. The molecule has 0 aliphatic rings. The predicted octanol–water partition coefficient (Wildman–Crippen LogP) is 6.77. The van der Waals surface area contributed by atoms with Crippen LogP contribution < -0.4 is 0 Å².